The van der Waals surface area contributed by atoms with Gasteiger partial charge in [0.15, 0.2) is 0 Å². The van der Waals surface area contributed by atoms with Gasteiger partial charge in [-0.3, -0.25) is 4.68 Å². The van der Waals surface area contributed by atoms with E-state index in [-0.39, 0.29) is 17.4 Å². The van der Waals surface area contributed by atoms with E-state index in [1.54, 1.807) is 14.0 Å². The van der Waals surface area contributed by atoms with Crippen LogP contribution in [0.15, 0.2) is 17.3 Å². The Hall–Kier alpha value is -0.920. The molecule has 1 heterocycles. The molecule has 0 aromatic carbocycles. The Labute approximate surface area is 101 Å². The lowest BCUT2D eigenvalue weighted by Crippen LogP contribution is -2.42. The molecule has 1 atom stereocenters. The maximum absolute atomic E-state index is 11.9. The molecule has 0 saturated heterocycles. The second kappa shape index (κ2) is 4.08. The summed E-state index contributed by atoms with van der Waals surface area (Å²) in [7, 11) is -1.92. The number of aliphatic hydroxyl groups is 1. The fraction of sp³-hybridized carbons (Fsp3) is 0.700. The standard InChI is InChI=1S/C10H17N3O3S/c1-10(14,8-3-4-8)7-12-17(15,16)9-5-11-13(2)6-9/h5-6,8,12,14H,3-4,7H2,1-2H3. The van der Waals surface area contributed by atoms with Crippen molar-refractivity contribution in [3.8, 4) is 0 Å². The molecule has 1 aromatic rings. The first kappa shape index (κ1) is 12.5. The van der Waals surface area contributed by atoms with Gasteiger partial charge in [-0.05, 0) is 25.7 Å². The Bertz CT molecular complexity index is 503. The lowest BCUT2D eigenvalue weighted by Gasteiger charge is -2.22. The van der Waals surface area contributed by atoms with Crippen LogP contribution < -0.4 is 4.72 Å². The van der Waals surface area contributed by atoms with E-state index in [4.69, 9.17) is 0 Å². The van der Waals surface area contributed by atoms with Crippen LogP contribution in [0.5, 0.6) is 0 Å². The predicted molar refractivity (Wildman–Crippen MR) is 61.7 cm³/mol. The summed E-state index contributed by atoms with van der Waals surface area (Å²) in [6, 6.07) is 0. The number of sulfonamides is 1. The largest absolute Gasteiger partial charge is 0.389 e. The van der Waals surface area contributed by atoms with Crippen molar-refractivity contribution in [2.45, 2.75) is 30.3 Å². The van der Waals surface area contributed by atoms with Crippen molar-refractivity contribution < 1.29 is 13.5 Å². The third-order valence-electron chi connectivity index (χ3n) is 3.07. The molecular formula is C10H17N3O3S. The van der Waals surface area contributed by atoms with E-state index in [1.807, 2.05) is 0 Å². The zero-order valence-corrected chi connectivity index (χ0v) is 10.7. The summed E-state index contributed by atoms with van der Waals surface area (Å²) in [5.41, 5.74) is -0.963. The van der Waals surface area contributed by atoms with Crippen LogP contribution in [-0.2, 0) is 17.1 Å². The van der Waals surface area contributed by atoms with Gasteiger partial charge in [-0.15, -0.1) is 0 Å². The number of hydrogen-bond acceptors (Lipinski definition) is 4. The van der Waals surface area contributed by atoms with Crippen molar-refractivity contribution in [1.82, 2.24) is 14.5 Å². The molecule has 17 heavy (non-hydrogen) atoms. The van der Waals surface area contributed by atoms with Gasteiger partial charge in [0.1, 0.15) is 4.90 Å². The monoisotopic (exact) mass is 259 g/mol. The molecule has 0 bridgehead atoms. The summed E-state index contributed by atoms with van der Waals surface area (Å²) in [6.45, 7) is 1.70. The first-order valence-electron chi connectivity index (χ1n) is 5.52. The molecule has 0 aliphatic heterocycles. The van der Waals surface area contributed by atoms with Gasteiger partial charge in [-0.25, -0.2) is 13.1 Å². The molecule has 2 N–H and O–H groups in total. The maximum atomic E-state index is 11.9. The fourth-order valence-corrected chi connectivity index (χ4v) is 2.84. The smallest absolute Gasteiger partial charge is 0.243 e. The first-order chi connectivity index (χ1) is 7.81. The van der Waals surface area contributed by atoms with Crippen LogP contribution in [0.4, 0.5) is 0 Å². The highest BCUT2D eigenvalue weighted by Gasteiger charge is 2.40. The molecule has 1 fully saturated rings. The minimum absolute atomic E-state index is 0.0366. The van der Waals surface area contributed by atoms with Crippen LogP contribution in [0.3, 0.4) is 0 Å². The molecule has 0 amide bonds. The van der Waals surface area contributed by atoms with E-state index in [2.05, 4.69) is 9.82 Å². The van der Waals surface area contributed by atoms with Crippen molar-refractivity contribution in [3.05, 3.63) is 12.4 Å². The third kappa shape index (κ3) is 2.85. The summed E-state index contributed by atoms with van der Waals surface area (Å²) in [6.07, 6.45) is 4.63. The molecule has 1 saturated carbocycles. The highest BCUT2D eigenvalue weighted by Crippen LogP contribution is 2.39. The van der Waals surface area contributed by atoms with Gasteiger partial charge < -0.3 is 5.11 Å². The summed E-state index contributed by atoms with van der Waals surface area (Å²) < 4.78 is 27.6. The second-order valence-corrected chi connectivity index (χ2v) is 6.57. The molecule has 0 spiro atoms. The number of hydrogen-bond donors (Lipinski definition) is 2. The number of nitrogens with one attached hydrogen (secondary N) is 1. The number of nitrogens with zero attached hydrogens (tertiary/aromatic N) is 2. The van der Waals surface area contributed by atoms with Gasteiger partial charge in [0.2, 0.25) is 10.0 Å². The van der Waals surface area contributed by atoms with Crippen LogP contribution in [-0.4, -0.2) is 35.5 Å². The maximum Gasteiger partial charge on any atom is 0.243 e. The van der Waals surface area contributed by atoms with Gasteiger partial charge in [-0.1, -0.05) is 0 Å². The highest BCUT2D eigenvalue weighted by atomic mass is 32.2. The lowest BCUT2D eigenvalue weighted by molar-refractivity contribution is 0.0422. The number of rotatable bonds is 5. The Kier molecular flexibility index (Phi) is 3.01. The molecule has 1 unspecified atom stereocenters. The van der Waals surface area contributed by atoms with Crippen LogP contribution in [0.1, 0.15) is 19.8 Å². The summed E-state index contributed by atoms with van der Waals surface area (Å²) in [4.78, 5) is 0.117. The molecule has 96 valence electrons. The average molecular weight is 259 g/mol. The van der Waals surface area contributed by atoms with E-state index < -0.39 is 15.6 Å². The Balaban J connectivity index is 2.03. The minimum Gasteiger partial charge on any atom is -0.389 e. The van der Waals surface area contributed by atoms with Crippen molar-refractivity contribution in [1.29, 1.82) is 0 Å². The summed E-state index contributed by atoms with van der Waals surface area (Å²) in [5.74, 6) is 0.207. The van der Waals surface area contributed by atoms with Crippen LogP contribution in [0.2, 0.25) is 0 Å². The topological polar surface area (TPSA) is 84.2 Å². The van der Waals surface area contributed by atoms with Crippen LogP contribution in [0, 0.1) is 5.92 Å². The molecule has 0 radical (unpaired) electrons. The zero-order valence-electron chi connectivity index (χ0n) is 9.92. The molecular weight excluding hydrogens is 242 g/mol. The van der Waals surface area contributed by atoms with E-state index in [9.17, 15) is 13.5 Å². The van der Waals surface area contributed by atoms with Gasteiger partial charge in [0, 0.05) is 19.8 Å². The molecule has 1 aliphatic rings. The number of aryl methyl sites for hydroxylation is 1. The lowest BCUT2D eigenvalue weighted by atomic mass is 10.0. The Morgan fingerprint density at radius 3 is 2.76 bits per heavy atom. The van der Waals surface area contributed by atoms with Crippen molar-refractivity contribution >= 4 is 10.0 Å². The number of aromatic nitrogens is 2. The van der Waals surface area contributed by atoms with Crippen LogP contribution >= 0.6 is 0 Å². The summed E-state index contributed by atoms with van der Waals surface area (Å²) in [5, 5.41) is 13.8. The molecule has 7 heteroatoms. The van der Waals surface area contributed by atoms with E-state index in [0.29, 0.717) is 0 Å². The summed E-state index contributed by atoms with van der Waals surface area (Å²) >= 11 is 0. The Morgan fingerprint density at radius 1 is 1.65 bits per heavy atom. The van der Waals surface area contributed by atoms with Gasteiger partial charge in [0.25, 0.3) is 0 Å². The van der Waals surface area contributed by atoms with Crippen molar-refractivity contribution in [2.24, 2.45) is 13.0 Å². The van der Waals surface area contributed by atoms with Crippen molar-refractivity contribution in [3.63, 3.8) is 0 Å². The fourth-order valence-electron chi connectivity index (χ4n) is 1.71. The first-order valence-corrected chi connectivity index (χ1v) is 7.00. The van der Waals surface area contributed by atoms with Crippen molar-refractivity contribution in [2.75, 3.05) is 6.54 Å². The van der Waals surface area contributed by atoms with E-state index in [1.165, 1.54) is 17.1 Å². The van der Waals surface area contributed by atoms with Gasteiger partial charge in [0.05, 0.1) is 11.8 Å². The zero-order chi connectivity index (χ0) is 12.7. The third-order valence-corrected chi connectivity index (χ3v) is 4.42. The van der Waals surface area contributed by atoms with Crippen LogP contribution in [0.25, 0.3) is 0 Å². The predicted octanol–water partition coefficient (Wildman–Crippen LogP) is -0.141. The minimum atomic E-state index is -3.57. The van der Waals surface area contributed by atoms with Gasteiger partial charge in [-0.2, -0.15) is 5.10 Å². The van der Waals surface area contributed by atoms with Gasteiger partial charge >= 0.3 is 0 Å². The average Bonchev–Trinajstić information content (AvgIpc) is 3.00. The second-order valence-electron chi connectivity index (χ2n) is 4.81. The molecule has 1 aliphatic carbocycles. The van der Waals surface area contributed by atoms with E-state index in [0.717, 1.165) is 12.8 Å². The molecule has 6 nitrogen and oxygen atoms in total. The molecule has 2 rings (SSSR count). The van der Waals surface area contributed by atoms with E-state index >= 15 is 0 Å². The highest BCUT2D eigenvalue weighted by molar-refractivity contribution is 7.89. The normalized spacial score (nSPS) is 20.2. The Morgan fingerprint density at radius 2 is 2.29 bits per heavy atom. The SMILES string of the molecule is Cn1cc(S(=O)(=O)NCC(C)(O)C2CC2)cn1. The quantitative estimate of drug-likeness (QED) is 0.771. The molecule has 1 aromatic heterocycles.